The summed E-state index contributed by atoms with van der Waals surface area (Å²) in [6, 6.07) is 10.8. The maximum Gasteiger partial charge on any atom is 0.0731 e. The molecule has 1 unspecified atom stereocenters. The zero-order valence-corrected chi connectivity index (χ0v) is 11.6. The Hall–Kier alpha value is -0.900. The van der Waals surface area contributed by atoms with Crippen LogP contribution in [-0.2, 0) is 11.3 Å². The molecular formula is C16H24N2O. The van der Waals surface area contributed by atoms with Crippen molar-refractivity contribution in [3.63, 3.8) is 0 Å². The van der Waals surface area contributed by atoms with Crippen molar-refractivity contribution in [1.29, 1.82) is 0 Å². The average Bonchev–Trinajstić information content (AvgIpc) is 2.49. The molecule has 2 fully saturated rings. The van der Waals surface area contributed by atoms with Gasteiger partial charge in [-0.15, -0.1) is 0 Å². The number of hydrogen-bond donors (Lipinski definition) is 1. The lowest BCUT2D eigenvalue weighted by molar-refractivity contribution is -0.0656. The van der Waals surface area contributed by atoms with Gasteiger partial charge >= 0.3 is 0 Å². The monoisotopic (exact) mass is 260 g/mol. The standard InChI is InChI=1S/C16H24N2O/c1-2-4-14(5-3-1)12-18-10-11-19-16(13-18)15-6-8-17-9-7-15/h1-5,15-17H,6-13H2. The lowest BCUT2D eigenvalue weighted by Gasteiger charge is -2.38. The average molecular weight is 260 g/mol. The Labute approximate surface area is 115 Å². The second-order valence-corrected chi connectivity index (χ2v) is 5.72. The van der Waals surface area contributed by atoms with Crippen LogP contribution < -0.4 is 5.32 Å². The van der Waals surface area contributed by atoms with Gasteiger partial charge in [-0.25, -0.2) is 0 Å². The third kappa shape index (κ3) is 3.56. The molecule has 3 heteroatoms. The summed E-state index contributed by atoms with van der Waals surface area (Å²) in [4.78, 5) is 2.55. The molecule has 0 radical (unpaired) electrons. The topological polar surface area (TPSA) is 24.5 Å². The van der Waals surface area contributed by atoms with E-state index in [4.69, 9.17) is 4.74 Å². The van der Waals surface area contributed by atoms with E-state index in [0.717, 1.165) is 45.2 Å². The fraction of sp³-hybridized carbons (Fsp3) is 0.625. The van der Waals surface area contributed by atoms with Crippen LogP contribution in [0.25, 0.3) is 0 Å². The van der Waals surface area contributed by atoms with Crippen molar-refractivity contribution in [1.82, 2.24) is 10.2 Å². The van der Waals surface area contributed by atoms with E-state index in [-0.39, 0.29) is 0 Å². The van der Waals surface area contributed by atoms with Gasteiger partial charge in [0.05, 0.1) is 12.7 Å². The fourth-order valence-corrected chi connectivity index (χ4v) is 3.22. The Kier molecular flexibility index (Phi) is 4.49. The van der Waals surface area contributed by atoms with Crippen molar-refractivity contribution in [2.75, 3.05) is 32.8 Å². The van der Waals surface area contributed by atoms with Gasteiger partial charge in [0.2, 0.25) is 0 Å². The molecule has 0 aliphatic carbocycles. The summed E-state index contributed by atoms with van der Waals surface area (Å²) in [5.74, 6) is 0.750. The summed E-state index contributed by atoms with van der Waals surface area (Å²) in [7, 11) is 0. The number of hydrogen-bond acceptors (Lipinski definition) is 3. The minimum Gasteiger partial charge on any atom is -0.375 e. The lowest BCUT2D eigenvalue weighted by Crippen LogP contribution is -2.47. The van der Waals surface area contributed by atoms with E-state index < -0.39 is 0 Å². The van der Waals surface area contributed by atoms with Gasteiger partial charge in [0.15, 0.2) is 0 Å². The third-order valence-electron chi connectivity index (χ3n) is 4.34. The van der Waals surface area contributed by atoms with Crippen molar-refractivity contribution in [3.8, 4) is 0 Å². The molecule has 2 saturated heterocycles. The molecule has 2 aliphatic heterocycles. The van der Waals surface area contributed by atoms with Crippen LogP contribution in [0.1, 0.15) is 18.4 Å². The Morgan fingerprint density at radius 1 is 1.16 bits per heavy atom. The molecule has 1 aromatic carbocycles. The summed E-state index contributed by atoms with van der Waals surface area (Å²) >= 11 is 0. The predicted molar refractivity (Wildman–Crippen MR) is 77.1 cm³/mol. The van der Waals surface area contributed by atoms with Gasteiger partial charge in [0.1, 0.15) is 0 Å². The van der Waals surface area contributed by atoms with Crippen LogP contribution in [0, 0.1) is 5.92 Å². The van der Waals surface area contributed by atoms with Gasteiger partial charge in [0, 0.05) is 19.6 Å². The van der Waals surface area contributed by atoms with E-state index in [2.05, 4.69) is 40.5 Å². The Morgan fingerprint density at radius 3 is 2.74 bits per heavy atom. The maximum atomic E-state index is 6.02. The van der Waals surface area contributed by atoms with Gasteiger partial charge in [-0.1, -0.05) is 30.3 Å². The molecule has 2 aliphatic rings. The van der Waals surface area contributed by atoms with Crippen LogP contribution in [0.15, 0.2) is 30.3 Å². The maximum absolute atomic E-state index is 6.02. The minimum absolute atomic E-state index is 0.444. The molecule has 19 heavy (non-hydrogen) atoms. The van der Waals surface area contributed by atoms with Gasteiger partial charge in [-0.05, 0) is 37.4 Å². The molecular weight excluding hydrogens is 236 g/mol. The van der Waals surface area contributed by atoms with E-state index in [1.807, 2.05) is 0 Å². The highest BCUT2D eigenvalue weighted by molar-refractivity contribution is 5.14. The molecule has 1 N–H and O–H groups in total. The van der Waals surface area contributed by atoms with Crippen molar-refractivity contribution in [3.05, 3.63) is 35.9 Å². The van der Waals surface area contributed by atoms with Crippen LogP contribution in [0.3, 0.4) is 0 Å². The highest BCUT2D eigenvalue weighted by Crippen LogP contribution is 2.23. The van der Waals surface area contributed by atoms with Crippen LogP contribution in [0.2, 0.25) is 0 Å². The van der Waals surface area contributed by atoms with Crippen molar-refractivity contribution in [2.45, 2.75) is 25.5 Å². The van der Waals surface area contributed by atoms with E-state index in [9.17, 15) is 0 Å². The molecule has 0 spiro atoms. The van der Waals surface area contributed by atoms with Crippen LogP contribution in [0.5, 0.6) is 0 Å². The minimum atomic E-state index is 0.444. The van der Waals surface area contributed by atoms with Gasteiger partial charge < -0.3 is 10.1 Å². The first-order valence-corrected chi connectivity index (χ1v) is 7.50. The number of piperidine rings is 1. The van der Waals surface area contributed by atoms with Crippen molar-refractivity contribution >= 4 is 0 Å². The highest BCUT2D eigenvalue weighted by Gasteiger charge is 2.28. The number of nitrogens with one attached hydrogen (secondary N) is 1. The first kappa shape index (κ1) is 13.1. The Balaban J connectivity index is 1.55. The fourth-order valence-electron chi connectivity index (χ4n) is 3.22. The van der Waals surface area contributed by atoms with Gasteiger partial charge in [-0.2, -0.15) is 0 Å². The lowest BCUT2D eigenvalue weighted by atomic mass is 9.91. The quantitative estimate of drug-likeness (QED) is 0.898. The molecule has 3 nitrogen and oxygen atoms in total. The zero-order chi connectivity index (χ0) is 12.9. The van der Waals surface area contributed by atoms with E-state index in [0.29, 0.717) is 6.10 Å². The number of morpholine rings is 1. The second kappa shape index (κ2) is 6.51. The van der Waals surface area contributed by atoms with Crippen LogP contribution >= 0.6 is 0 Å². The predicted octanol–water partition coefficient (Wildman–Crippen LogP) is 1.89. The highest BCUT2D eigenvalue weighted by atomic mass is 16.5. The molecule has 0 amide bonds. The summed E-state index contributed by atoms with van der Waals surface area (Å²) in [6.45, 7) is 6.43. The first-order valence-electron chi connectivity index (χ1n) is 7.50. The van der Waals surface area contributed by atoms with Crippen LogP contribution in [0.4, 0.5) is 0 Å². The normalized spacial score (nSPS) is 26.4. The van der Waals surface area contributed by atoms with Crippen molar-refractivity contribution in [2.24, 2.45) is 5.92 Å². The Bertz CT molecular complexity index is 376. The summed E-state index contributed by atoms with van der Waals surface area (Å²) in [5, 5.41) is 3.44. The van der Waals surface area contributed by atoms with Gasteiger partial charge in [-0.3, -0.25) is 4.90 Å². The first-order chi connectivity index (χ1) is 9.42. The van der Waals surface area contributed by atoms with E-state index in [1.54, 1.807) is 0 Å². The largest absolute Gasteiger partial charge is 0.375 e. The number of rotatable bonds is 3. The number of ether oxygens (including phenoxy) is 1. The molecule has 0 aromatic heterocycles. The second-order valence-electron chi connectivity index (χ2n) is 5.72. The van der Waals surface area contributed by atoms with Gasteiger partial charge in [0.25, 0.3) is 0 Å². The number of benzene rings is 1. The molecule has 0 bridgehead atoms. The number of nitrogens with zero attached hydrogens (tertiary/aromatic N) is 1. The molecule has 0 saturated carbocycles. The third-order valence-corrected chi connectivity index (χ3v) is 4.34. The molecule has 104 valence electrons. The van der Waals surface area contributed by atoms with Crippen LogP contribution in [-0.4, -0.2) is 43.8 Å². The smallest absolute Gasteiger partial charge is 0.0731 e. The molecule has 1 aromatic rings. The molecule has 3 rings (SSSR count). The summed E-state index contributed by atoms with van der Waals surface area (Å²) in [5.41, 5.74) is 1.41. The molecule has 1 atom stereocenters. The zero-order valence-electron chi connectivity index (χ0n) is 11.6. The van der Waals surface area contributed by atoms with Crippen molar-refractivity contribution < 1.29 is 4.74 Å². The Morgan fingerprint density at radius 2 is 1.95 bits per heavy atom. The summed E-state index contributed by atoms with van der Waals surface area (Å²) < 4.78 is 6.02. The SMILES string of the molecule is c1ccc(CN2CCOC(C3CCNCC3)C2)cc1. The summed E-state index contributed by atoms with van der Waals surface area (Å²) in [6.07, 6.45) is 2.98. The van der Waals surface area contributed by atoms with E-state index in [1.165, 1.54) is 18.4 Å². The van der Waals surface area contributed by atoms with E-state index >= 15 is 0 Å². The molecule has 2 heterocycles.